The van der Waals surface area contributed by atoms with Gasteiger partial charge in [0.05, 0.1) is 12.0 Å². The van der Waals surface area contributed by atoms with Crippen molar-refractivity contribution in [3.05, 3.63) is 64.7 Å². The summed E-state index contributed by atoms with van der Waals surface area (Å²) < 4.78 is 0. The van der Waals surface area contributed by atoms with E-state index in [1.165, 1.54) is 6.92 Å². The zero-order valence-corrected chi connectivity index (χ0v) is 17.2. The molecule has 29 heavy (non-hydrogen) atoms. The number of nitrogens with zero attached hydrogens (tertiary/aromatic N) is 1. The minimum Gasteiger partial charge on any atom is -0.355 e. The second-order valence-corrected chi connectivity index (χ2v) is 7.67. The first-order valence-corrected chi connectivity index (χ1v) is 9.88. The second-order valence-electron chi connectivity index (χ2n) is 7.23. The monoisotopic (exact) mass is 413 g/mol. The van der Waals surface area contributed by atoms with Gasteiger partial charge in [-0.25, -0.2) is 0 Å². The van der Waals surface area contributed by atoms with Crippen molar-refractivity contribution in [3.63, 3.8) is 0 Å². The van der Waals surface area contributed by atoms with E-state index in [0.29, 0.717) is 18.0 Å². The van der Waals surface area contributed by atoms with Crippen molar-refractivity contribution < 1.29 is 14.4 Å². The Morgan fingerprint density at radius 2 is 1.90 bits per heavy atom. The molecule has 1 heterocycles. The largest absolute Gasteiger partial charge is 0.355 e. The smallest absolute Gasteiger partial charge is 0.226 e. The molecule has 152 valence electrons. The van der Waals surface area contributed by atoms with Crippen molar-refractivity contribution in [2.45, 2.75) is 25.8 Å². The van der Waals surface area contributed by atoms with Crippen molar-refractivity contribution in [2.75, 3.05) is 18.9 Å². The average Bonchev–Trinajstić information content (AvgIpc) is 2.97. The maximum absolute atomic E-state index is 12.8. The molecule has 0 spiro atoms. The molecule has 1 fully saturated rings. The topological polar surface area (TPSA) is 78.5 Å². The number of likely N-dealkylation sites (tertiary alicyclic amines) is 1. The number of rotatable bonds is 6. The van der Waals surface area contributed by atoms with Crippen LogP contribution < -0.4 is 10.6 Å². The Kier molecular flexibility index (Phi) is 6.54. The molecule has 0 aromatic heterocycles. The van der Waals surface area contributed by atoms with Gasteiger partial charge in [-0.15, -0.1) is 0 Å². The minimum atomic E-state index is -0.451. The van der Waals surface area contributed by atoms with Gasteiger partial charge in [-0.3, -0.25) is 14.4 Å². The van der Waals surface area contributed by atoms with Gasteiger partial charge in [0.1, 0.15) is 0 Å². The highest BCUT2D eigenvalue weighted by atomic mass is 35.5. The maximum Gasteiger partial charge on any atom is 0.226 e. The first-order chi connectivity index (χ1) is 13.8. The average molecular weight is 414 g/mol. The van der Waals surface area contributed by atoms with Crippen LogP contribution in [0.2, 0.25) is 5.02 Å². The number of amides is 3. The molecule has 2 aromatic carbocycles. The fraction of sp³-hybridized carbons (Fsp3) is 0.318. The maximum atomic E-state index is 12.8. The van der Waals surface area contributed by atoms with Gasteiger partial charge in [0.2, 0.25) is 17.7 Å². The predicted octanol–water partition coefficient (Wildman–Crippen LogP) is 3.18. The fourth-order valence-electron chi connectivity index (χ4n) is 3.67. The van der Waals surface area contributed by atoms with Gasteiger partial charge in [-0.2, -0.15) is 0 Å². The van der Waals surface area contributed by atoms with Crippen molar-refractivity contribution in [3.8, 4) is 0 Å². The van der Waals surface area contributed by atoms with E-state index in [1.54, 1.807) is 24.1 Å². The highest BCUT2D eigenvalue weighted by Gasteiger charge is 2.42. The molecule has 6 nitrogen and oxygen atoms in total. The third kappa shape index (κ3) is 5.15. The number of benzene rings is 2. The van der Waals surface area contributed by atoms with Crippen LogP contribution in [0, 0.1) is 5.92 Å². The molecule has 1 aliphatic rings. The molecule has 2 aromatic rings. The van der Waals surface area contributed by atoms with Gasteiger partial charge < -0.3 is 15.5 Å². The van der Waals surface area contributed by atoms with Crippen LogP contribution in [0.1, 0.15) is 30.5 Å². The van der Waals surface area contributed by atoms with Gasteiger partial charge >= 0.3 is 0 Å². The highest BCUT2D eigenvalue weighted by molar-refractivity contribution is 6.30. The van der Waals surface area contributed by atoms with Crippen LogP contribution in [-0.2, 0) is 20.8 Å². The van der Waals surface area contributed by atoms with E-state index >= 15 is 0 Å². The van der Waals surface area contributed by atoms with E-state index in [4.69, 9.17) is 11.6 Å². The molecule has 0 radical (unpaired) electrons. The van der Waals surface area contributed by atoms with Gasteiger partial charge in [0.25, 0.3) is 0 Å². The SMILES string of the molecule is CC(=O)Nc1ccc(CCNC(=O)C2CC(=O)N(C)C2c2cccc(Cl)c2)cc1. The van der Waals surface area contributed by atoms with Crippen LogP contribution >= 0.6 is 11.6 Å². The third-order valence-electron chi connectivity index (χ3n) is 5.10. The molecule has 1 aliphatic heterocycles. The van der Waals surface area contributed by atoms with Crippen molar-refractivity contribution in [1.29, 1.82) is 0 Å². The summed E-state index contributed by atoms with van der Waals surface area (Å²) in [5.41, 5.74) is 2.65. The lowest BCUT2D eigenvalue weighted by Gasteiger charge is -2.25. The summed E-state index contributed by atoms with van der Waals surface area (Å²) in [6.45, 7) is 1.93. The molecule has 0 saturated carbocycles. The van der Waals surface area contributed by atoms with Crippen molar-refractivity contribution in [1.82, 2.24) is 10.2 Å². The Labute approximate surface area is 175 Å². The molecule has 7 heteroatoms. The zero-order valence-electron chi connectivity index (χ0n) is 16.4. The lowest BCUT2D eigenvalue weighted by Crippen LogP contribution is -2.35. The summed E-state index contributed by atoms with van der Waals surface area (Å²) in [4.78, 5) is 37.7. The summed E-state index contributed by atoms with van der Waals surface area (Å²) in [7, 11) is 1.72. The van der Waals surface area contributed by atoms with Crippen LogP contribution in [0.4, 0.5) is 5.69 Å². The quantitative estimate of drug-likeness (QED) is 0.763. The Hall–Kier alpha value is -2.86. The van der Waals surface area contributed by atoms with Crippen LogP contribution in [0.5, 0.6) is 0 Å². The van der Waals surface area contributed by atoms with Crippen molar-refractivity contribution >= 4 is 35.0 Å². The predicted molar refractivity (Wildman–Crippen MR) is 113 cm³/mol. The Balaban J connectivity index is 1.60. The molecule has 2 N–H and O–H groups in total. The molecular formula is C22H24ClN3O3. The summed E-state index contributed by atoms with van der Waals surface area (Å²) in [5, 5.41) is 6.26. The van der Waals surface area contributed by atoms with E-state index in [-0.39, 0.29) is 30.2 Å². The zero-order chi connectivity index (χ0) is 21.0. The summed E-state index contributed by atoms with van der Waals surface area (Å²) in [6.07, 6.45) is 0.843. The van der Waals surface area contributed by atoms with E-state index < -0.39 is 5.92 Å². The van der Waals surface area contributed by atoms with Crippen LogP contribution in [-0.4, -0.2) is 36.2 Å². The lowest BCUT2D eigenvalue weighted by molar-refractivity contribution is -0.128. The first kappa shape index (κ1) is 20.9. The highest BCUT2D eigenvalue weighted by Crippen LogP contribution is 2.37. The normalized spacial score (nSPS) is 18.6. The molecule has 2 atom stereocenters. The van der Waals surface area contributed by atoms with Gasteiger partial charge in [-0.1, -0.05) is 35.9 Å². The van der Waals surface area contributed by atoms with Crippen LogP contribution in [0.3, 0.4) is 0 Å². The number of nitrogens with one attached hydrogen (secondary N) is 2. The fourth-order valence-corrected chi connectivity index (χ4v) is 3.87. The van der Waals surface area contributed by atoms with Gasteiger partial charge in [0, 0.05) is 37.6 Å². The van der Waals surface area contributed by atoms with E-state index in [0.717, 1.165) is 16.8 Å². The third-order valence-corrected chi connectivity index (χ3v) is 5.34. The Morgan fingerprint density at radius 1 is 1.17 bits per heavy atom. The lowest BCUT2D eigenvalue weighted by atomic mass is 9.93. The number of hydrogen-bond acceptors (Lipinski definition) is 3. The van der Waals surface area contributed by atoms with E-state index in [1.807, 2.05) is 36.4 Å². The molecule has 1 saturated heterocycles. The summed E-state index contributed by atoms with van der Waals surface area (Å²) in [6, 6.07) is 14.5. The number of carbonyl (C=O) groups excluding carboxylic acids is 3. The number of anilines is 1. The van der Waals surface area contributed by atoms with E-state index in [9.17, 15) is 14.4 Å². The van der Waals surface area contributed by atoms with Crippen LogP contribution in [0.15, 0.2) is 48.5 Å². The first-order valence-electron chi connectivity index (χ1n) is 9.50. The number of carbonyl (C=O) groups is 3. The molecule has 0 bridgehead atoms. The van der Waals surface area contributed by atoms with E-state index in [2.05, 4.69) is 10.6 Å². The molecule has 2 unspecified atom stereocenters. The molecule has 0 aliphatic carbocycles. The van der Waals surface area contributed by atoms with Crippen molar-refractivity contribution in [2.24, 2.45) is 5.92 Å². The standard InChI is InChI=1S/C22H24ClN3O3/c1-14(27)25-18-8-6-15(7-9-18)10-11-24-22(29)19-13-20(28)26(2)21(19)16-4-3-5-17(23)12-16/h3-9,12,19,21H,10-11,13H2,1-2H3,(H,24,29)(H,25,27). The number of hydrogen-bond donors (Lipinski definition) is 2. The Bertz CT molecular complexity index is 914. The van der Waals surface area contributed by atoms with Gasteiger partial charge in [0.15, 0.2) is 0 Å². The number of halogens is 1. The second kappa shape index (κ2) is 9.09. The summed E-state index contributed by atoms with van der Waals surface area (Å²) >= 11 is 6.10. The van der Waals surface area contributed by atoms with Gasteiger partial charge in [-0.05, 0) is 41.8 Å². The molecule has 3 amide bonds. The molecular weight excluding hydrogens is 390 g/mol. The van der Waals surface area contributed by atoms with Crippen LogP contribution in [0.25, 0.3) is 0 Å². The Morgan fingerprint density at radius 3 is 2.55 bits per heavy atom. The summed E-state index contributed by atoms with van der Waals surface area (Å²) in [5.74, 6) is -0.755. The molecule has 3 rings (SSSR count). The minimum absolute atomic E-state index is 0.0521.